The number of anilines is 2. The van der Waals surface area contributed by atoms with E-state index in [9.17, 15) is 23.3 Å². The van der Waals surface area contributed by atoms with E-state index in [0.29, 0.717) is 34.7 Å². The number of rotatable bonds is 11. The third kappa shape index (κ3) is 7.49. The number of carbonyl (C=O) groups excluding carboxylic acids is 1. The standard InChI is InChI=1S/C30H28N4O7S/c1-20-4-14-27(21(2)16-20)33-42(38,39)29-17-25(34(36)37)11-15-28(29)32-31-18-22-7-12-26(13-8-22)41-19-23-5-9-24(10-6-23)30(35)40-3/h4-18,32-33H,19H2,1-3H3. The average Bonchev–Trinajstić information content (AvgIpc) is 2.98. The topological polar surface area (TPSA) is 149 Å². The Morgan fingerprint density at radius 2 is 1.64 bits per heavy atom. The van der Waals surface area contributed by atoms with Gasteiger partial charge < -0.3 is 9.47 Å². The van der Waals surface area contributed by atoms with Gasteiger partial charge >= 0.3 is 5.97 Å². The average molecular weight is 589 g/mol. The number of sulfonamides is 1. The second kappa shape index (κ2) is 13.0. The van der Waals surface area contributed by atoms with Crippen LogP contribution in [0.3, 0.4) is 0 Å². The molecule has 0 amide bonds. The second-order valence-electron chi connectivity index (χ2n) is 9.28. The molecule has 0 saturated heterocycles. The van der Waals surface area contributed by atoms with E-state index in [0.717, 1.165) is 17.2 Å². The molecule has 0 spiro atoms. The summed E-state index contributed by atoms with van der Waals surface area (Å²) in [6, 6.07) is 22.6. The summed E-state index contributed by atoms with van der Waals surface area (Å²) in [7, 11) is -2.88. The van der Waals surface area contributed by atoms with E-state index in [-0.39, 0.29) is 16.3 Å². The van der Waals surface area contributed by atoms with Crippen LogP contribution in [0.1, 0.15) is 32.6 Å². The van der Waals surface area contributed by atoms with E-state index in [1.54, 1.807) is 67.6 Å². The van der Waals surface area contributed by atoms with Gasteiger partial charge in [0.2, 0.25) is 0 Å². The van der Waals surface area contributed by atoms with Crippen LogP contribution < -0.4 is 14.9 Å². The van der Waals surface area contributed by atoms with E-state index in [2.05, 4.69) is 15.2 Å². The molecule has 0 aliphatic carbocycles. The third-order valence-electron chi connectivity index (χ3n) is 6.15. The number of hydrogen-bond donors (Lipinski definition) is 2. The Bertz CT molecular complexity index is 1740. The van der Waals surface area contributed by atoms with Gasteiger partial charge in [0, 0.05) is 12.1 Å². The maximum Gasteiger partial charge on any atom is 0.337 e. The first kappa shape index (κ1) is 29.7. The lowest BCUT2D eigenvalue weighted by atomic mass is 10.1. The van der Waals surface area contributed by atoms with Crippen LogP contribution >= 0.6 is 0 Å². The SMILES string of the molecule is COC(=O)c1ccc(COc2ccc(C=NNc3ccc([N+](=O)[O-])cc3S(=O)(=O)Nc3ccc(C)cc3C)cc2)cc1. The van der Waals surface area contributed by atoms with Gasteiger partial charge in [0.1, 0.15) is 17.3 Å². The Balaban J connectivity index is 1.44. The molecule has 2 N–H and O–H groups in total. The summed E-state index contributed by atoms with van der Waals surface area (Å²) in [5, 5.41) is 15.5. The highest BCUT2D eigenvalue weighted by Crippen LogP contribution is 2.29. The highest BCUT2D eigenvalue weighted by Gasteiger charge is 2.23. The van der Waals surface area contributed by atoms with E-state index in [1.165, 1.54) is 25.5 Å². The Morgan fingerprint density at radius 1 is 0.952 bits per heavy atom. The van der Waals surface area contributed by atoms with Crippen LogP contribution in [0, 0.1) is 24.0 Å². The van der Waals surface area contributed by atoms with Gasteiger partial charge in [-0.1, -0.05) is 29.8 Å². The maximum atomic E-state index is 13.3. The van der Waals surface area contributed by atoms with Crippen molar-refractivity contribution in [3.05, 3.63) is 123 Å². The molecular weight excluding hydrogens is 560 g/mol. The number of methoxy groups -OCH3 is 1. The first-order valence-corrected chi connectivity index (χ1v) is 14.1. The molecule has 11 nitrogen and oxygen atoms in total. The van der Waals surface area contributed by atoms with E-state index in [4.69, 9.17) is 9.47 Å². The van der Waals surface area contributed by atoms with Crippen LogP contribution in [0.25, 0.3) is 0 Å². The molecule has 4 rings (SSSR count). The quantitative estimate of drug-likeness (QED) is 0.0963. The Morgan fingerprint density at radius 3 is 2.29 bits per heavy atom. The molecule has 0 radical (unpaired) electrons. The molecule has 0 atom stereocenters. The van der Waals surface area contributed by atoms with Gasteiger partial charge in [-0.3, -0.25) is 20.3 Å². The van der Waals surface area contributed by atoms with Crippen molar-refractivity contribution in [2.24, 2.45) is 5.10 Å². The zero-order valence-electron chi connectivity index (χ0n) is 23.0. The molecule has 0 saturated carbocycles. The van der Waals surface area contributed by atoms with Crippen molar-refractivity contribution in [1.29, 1.82) is 0 Å². The van der Waals surface area contributed by atoms with Gasteiger partial charge in [0.25, 0.3) is 15.7 Å². The second-order valence-corrected chi connectivity index (χ2v) is 10.9. The molecule has 0 heterocycles. The highest BCUT2D eigenvalue weighted by atomic mass is 32.2. The van der Waals surface area contributed by atoms with Gasteiger partial charge in [-0.05, 0) is 79.1 Å². The molecular formula is C30H28N4O7S. The van der Waals surface area contributed by atoms with Gasteiger partial charge in [0.15, 0.2) is 0 Å². The highest BCUT2D eigenvalue weighted by molar-refractivity contribution is 7.92. The fourth-order valence-electron chi connectivity index (χ4n) is 3.92. The molecule has 0 bridgehead atoms. The lowest BCUT2D eigenvalue weighted by Crippen LogP contribution is -2.16. The minimum Gasteiger partial charge on any atom is -0.489 e. The molecule has 42 heavy (non-hydrogen) atoms. The number of nitrogens with one attached hydrogen (secondary N) is 2. The van der Waals surface area contributed by atoms with Crippen molar-refractivity contribution in [1.82, 2.24) is 0 Å². The van der Waals surface area contributed by atoms with Gasteiger partial charge in [-0.25, -0.2) is 13.2 Å². The number of nitro groups is 1. The van der Waals surface area contributed by atoms with Crippen LogP contribution in [-0.2, 0) is 21.4 Å². The Kier molecular flexibility index (Phi) is 9.18. The number of non-ortho nitro benzene ring substituents is 1. The number of benzene rings is 4. The summed E-state index contributed by atoms with van der Waals surface area (Å²) in [6.07, 6.45) is 1.48. The zero-order chi connectivity index (χ0) is 30.3. The summed E-state index contributed by atoms with van der Waals surface area (Å²) < 4.78 is 39.5. The van der Waals surface area contributed by atoms with E-state index >= 15 is 0 Å². The van der Waals surface area contributed by atoms with Crippen molar-refractivity contribution in [2.75, 3.05) is 17.3 Å². The summed E-state index contributed by atoms with van der Waals surface area (Å²) >= 11 is 0. The van der Waals surface area contributed by atoms with Crippen molar-refractivity contribution < 1.29 is 27.6 Å². The predicted octanol–water partition coefficient (Wildman–Crippen LogP) is 5.82. The molecule has 12 heteroatoms. The maximum absolute atomic E-state index is 13.3. The van der Waals surface area contributed by atoms with Crippen molar-refractivity contribution in [2.45, 2.75) is 25.3 Å². The van der Waals surface area contributed by atoms with Crippen molar-refractivity contribution in [3.8, 4) is 5.75 Å². The predicted molar refractivity (Wildman–Crippen MR) is 160 cm³/mol. The van der Waals surface area contributed by atoms with Crippen LogP contribution in [0.15, 0.2) is 94.9 Å². The fraction of sp³-hybridized carbons (Fsp3) is 0.133. The Hall–Kier alpha value is -5.23. The number of hydrazone groups is 1. The molecule has 216 valence electrons. The summed E-state index contributed by atoms with van der Waals surface area (Å²) in [4.78, 5) is 21.9. The van der Waals surface area contributed by atoms with Crippen LogP contribution in [0.5, 0.6) is 5.75 Å². The number of aryl methyl sites for hydroxylation is 2. The molecule has 4 aromatic carbocycles. The normalized spacial score (nSPS) is 11.2. The first-order valence-electron chi connectivity index (χ1n) is 12.6. The van der Waals surface area contributed by atoms with Gasteiger partial charge in [-0.2, -0.15) is 5.10 Å². The first-order chi connectivity index (χ1) is 20.1. The minimum atomic E-state index is -4.20. The summed E-state index contributed by atoms with van der Waals surface area (Å²) in [5.74, 6) is 0.202. The number of ether oxygens (including phenoxy) is 2. The smallest absolute Gasteiger partial charge is 0.337 e. The lowest BCUT2D eigenvalue weighted by molar-refractivity contribution is -0.385. The van der Waals surface area contributed by atoms with Crippen LogP contribution in [0.4, 0.5) is 17.1 Å². The molecule has 0 fully saturated rings. The molecule has 0 aliphatic heterocycles. The van der Waals surface area contributed by atoms with Gasteiger partial charge in [-0.15, -0.1) is 0 Å². The van der Waals surface area contributed by atoms with Crippen LogP contribution in [-0.4, -0.2) is 32.6 Å². The Labute approximate surface area is 243 Å². The number of esters is 1. The monoisotopic (exact) mass is 588 g/mol. The number of hydrogen-bond acceptors (Lipinski definition) is 9. The van der Waals surface area contributed by atoms with Crippen molar-refractivity contribution in [3.63, 3.8) is 0 Å². The third-order valence-corrected chi connectivity index (χ3v) is 7.56. The van der Waals surface area contributed by atoms with E-state index in [1.807, 2.05) is 13.0 Å². The summed E-state index contributed by atoms with van der Waals surface area (Å²) in [5.41, 5.74) is 6.43. The molecule has 4 aromatic rings. The minimum absolute atomic E-state index is 0.0623. The summed E-state index contributed by atoms with van der Waals surface area (Å²) in [6.45, 7) is 3.95. The number of nitrogens with zero attached hydrogens (tertiary/aromatic N) is 2. The van der Waals surface area contributed by atoms with E-state index < -0.39 is 20.9 Å². The van der Waals surface area contributed by atoms with Crippen molar-refractivity contribution >= 4 is 39.3 Å². The lowest BCUT2D eigenvalue weighted by Gasteiger charge is -2.14. The zero-order valence-corrected chi connectivity index (χ0v) is 23.8. The van der Waals surface area contributed by atoms with Crippen LogP contribution in [0.2, 0.25) is 0 Å². The molecule has 0 aromatic heterocycles. The van der Waals surface area contributed by atoms with Gasteiger partial charge in [0.05, 0.1) is 35.2 Å². The fourth-order valence-corrected chi connectivity index (χ4v) is 5.22. The molecule has 0 unspecified atom stereocenters. The molecule has 0 aliphatic rings. The largest absolute Gasteiger partial charge is 0.489 e. The number of carbonyl (C=O) groups is 1. The number of nitro benzene ring substituents is 1.